The van der Waals surface area contributed by atoms with Crippen LogP contribution in [0.1, 0.15) is 50.5 Å². The molecular weight excluding hydrogens is 248 g/mol. The van der Waals surface area contributed by atoms with Gasteiger partial charge in [0.1, 0.15) is 0 Å². The standard InChI is InChI=1S/C17H24N2O/c20-17(10-7-13-4-1-2-5-13)19-15-9-8-14-6-3-11-18-16(14)12-15/h8-9,12-13,18H,1-7,10-11H2,(H,19,20). The Kier molecular flexibility index (Phi) is 4.24. The summed E-state index contributed by atoms with van der Waals surface area (Å²) in [5.74, 6) is 0.943. The predicted octanol–water partition coefficient (Wildman–Crippen LogP) is 3.95. The molecule has 0 unspecified atom stereocenters. The molecule has 1 saturated carbocycles. The van der Waals surface area contributed by atoms with Crippen LogP contribution < -0.4 is 10.6 Å². The lowest BCUT2D eigenvalue weighted by Gasteiger charge is -2.19. The maximum atomic E-state index is 12.0. The summed E-state index contributed by atoms with van der Waals surface area (Å²) in [4.78, 5) is 12.0. The van der Waals surface area contributed by atoms with Gasteiger partial charge >= 0.3 is 0 Å². The van der Waals surface area contributed by atoms with E-state index in [4.69, 9.17) is 0 Å². The van der Waals surface area contributed by atoms with Crippen LogP contribution in [0.2, 0.25) is 0 Å². The van der Waals surface area contributed by atoms with E-state index < -0.39 is 0 Å². The second-order valence-electron chi connectivity index (χ2n) is 6.14. The summed E-state index contributed by atoms with van der Waals surface area (Å²) in [6.45, 7) is 1.03. The van der Waals surface area contributed by atoms with Crippen molar-refractivity contribution in [1.29, 1.82) is 0 Å². The van der Waals surface area contributed by atoms with Gasteiger partial charge in [0.05, 0.1) is 0 Å². The minimum absolute atomic E-state index is 0.160. The average molecular weight is 272 g/mol. The Morgan fingerprint density at radius 1 is 1.25 bits per heavy atom. The number of anilines is 2. The summed E-state index contributed by atoms with van der Waals surface area (Å²) < 4.78 is 0. The summed E-state index contributed by atoms with van der Waals surface area (Å²) >= 11 is 0. The van der Waals surface area contributed by atoms with Crippen molar-refractivity contribution >= 4 is 17.3 Å². The number of hydrogen-bond donors (Lipinski definition) is 2. The van der Waals surface area contributed by atoms with Crippen LogP contribution in [0.25, 0.3) is 0 Å². The highest BCUT2D eigenvalue weighted by Gasteiger charge is 2.16. The van der Waals surface area contributed by atoms with E-state index in [1.165, 1.54) is 43.4 Å². The van der Waals surface area contributed by atoms with Gasteiger partial charge in [-0.2, -0.15) is 0 Å². The van der Waals surface area contributed by atoms with Crippen LogP contribution in [0.4, 0.5) is 11.4 Å². The maximum absolute atomic E-state index is 12.0. The monoisotopic (exact) mass is 272 g/mol. The third-order valence-corrected chi connectivity index (χ3v) is 4.59. The fraction of sp³-hybridized carbons (Fsp3) is 0.588. The molecule has 20 heavy (non-hydrogen) atoms. The molecule has 3 nitrogen and oxygen atoms in total. The second-order valence-corrected chi connectivity index (χ2v) is 6.14. The Balaban J connectivity index is 1.52. The van der Waals surface area contributed by atoms with Gasteiger partial charge in [-0.3, -0.25) is 4.79 Å². The molecule has 0 saturated heterocycles. The predicted molar refractivity (Wildman–Crippen MR) is 83.1 cm³/mol. The third-order valence-electron chi connectivity index (χ3n) is 4.59. The molecule has 1 aromatic rings. The molecule has 1 aromatic carbocycles. The number of benzene rings is 1. The number of hydrogen-bond acceptors (Lipinski definition) is 2. The molecule has 0 atom stereocenters. The number of rotatable bonds is 4. The first kappa shape index (κ1) is 13.5. The van der Waals surface area contributed by atoms with Crippen LogP contribution in [0.15, 0.2) is 18.2 Å². The number of carbonyl (C=O) groups excluding carboxylic acids is 1. The molecule has 1 amide bonds. The summed E-state index contributed by atoms with van der Waals surface area (Å²) in [6, 6.07) is 6.23. The Morgan fingerprint density at radius 2 is 2.10 bits per heavy atom. The average Bonchev–Trinajstić information content (AvgIpc) is 2.98. The first-order chi connectivity index (χ1) is 9.81. The van der Waals surface area contributed by atoms with Crippen LogP contribution in [-0.2, 0) is 11.2 Å². The first-order valence-corrected chi connectivity index (χ1v) is 7.98. The number of carbonyl (C=O) groups is 1. The second kappa shape index (κ2) is 6.29. The zero-order valence-corrected chi connectivity index (χ0v) is 12.1. The van der Waals surface area contributed by atoms with Gasteiger partial charge in [0.2, 0.25) is 5.91 Å². The van der Waals surface area contributed by atoms with E-state index in [1.54, 1.807) is 0 Å². The zero-order valence-electron chi connectivity index (χ0n) is 12.1. The minimum Gasteiger partial charge on any atom is -0.385 e. The van der Waals surface area contributed by atoms with Crippen molar-refractivity contribution in [3.63, 3.8) is 0 Å². The molecule has 0 spiro atoms. The molecule has 1 aliphatic heterocycles. The van der Waals surface area contributed by atoms with Crippen molar-refractivity contribution < 1.29 is 4.79 Å². The Labute approximate surface area is 121 Å². The normalized spacial score (nSPS) is 18.4. The molecule has 3 rings (SSSR count). The lowest BCUT2D eigenvalue weighted by atomic mass is 10.0. The number of fused-ring (bicyclic) bond motifs is 1. The van der Waals surface area contributed by atoms with Gasteiger partial charge in [-0.15, -0.1) is 0 Å². The molecule has 108 valence electrons. The van der Waals surface area contributed by atoms with Crippen molar-refractivity contribution in [2.45, 2.75) is 51.4 Å². The highest BCUT2D eigenvalue weighted by atomic mass is 16.1. The van der Waals surface area contributed by atoms with Gasteiger partial charge < -0.3 is 10.6 Å². The number of amides is 1. The van der Waals surface area contributed by atoms with E-state index in [2.05, 4.69) is 22.8 Å². The minimum atomic E-state index is 0.160. The van der Waals surface area contributed by atoms with Gasteiger partial charge in [-0.25, -0.2) is 0 Å². The molecule has 1 aliphatic carbocycles. The van der Waals surface area contributed by atoms with Crippen molar-refractivity contribution in [2.75, 3.05) is 17.2 Å². The quantitative estimate of drug-likeness (QED) is 0.871. The molecule has 0 aromatic heterocycles. The van der Waals surface area contributed by atoms with E-state index in [9.17, 15) is 4.79 Å². The molecule has 0 radical (unpaired) electrons. The van der Waals surface area contributed by atoms with E-state index in [-0.39, 0.29) is 5.91 Å². The lowest BCUT2D eigenvalue weighted by Crippen LogP contribution is -2.15. The summed E-state index contributed by atoms with van der Waals surface area (Å²) in [7, 11) is 0. The van der Waals surface area contributed by atoms with Crippen molar-refractivity contribution in [2.24, 2.45) is 5.92 Å². The van der Waals surface area contributed by atoms with Crippen LogP contribution in [-0.4, -0.2) is 12.5 Å². The van der Waals surface area contributed by atoms with Gasteiger partial charge in [0, 0.05) is 24.3 Å². The number of aryl methyl sites for hydroxylation is 1. The Hall–Kier alpha value is -1.51. The zero-order chi connectivity index (χ0) is 13.8. The summed E-state index contributed by atoms with van der Waals surface area (Å²) in [5.41, 5.74) is 3.47. The van der Waals surface area contributed by atoms with Gasteiger partial charge in [0.15, 0.2) is 0 Å². The maximum Gasteiger partial charge on any atom is 0.224 e. The highest BCUT2D eigenvalue weighted by Crippen LogP contribution is 2.29. The van der Waals surface area contributed by atoms with Crippen molar-refractivity contribution in [1.82, 2.24) is 0 Å². The van der Waals surface area contributed by atoms with E-state index in [0.29, 0.717) is 6.42 Å². The highest BCUT2D eigenvalue weighted by molar-refractivity contribution is 5.91. The molecule has 3 heteroatoms. The van der Waals surface area contributed by atoms with Crippen molar-refractivity contribution in [3.8, 4) is 0 Å². The summed E-state index contributed by atoms with van der Waals surface area (Å²) in [5, 5.41) is 6.44. The molecule has 2 aliphatic rings. The first-order valence-electron chi connectivity index (χ1n) is 7.98. The van der Waals surface area contributed by atoms with Crippen LogP contribution in [0, 0.1) is 5.92 Å². The largest absolute Gasteiger partial charge is 0.385 e. The molecule has 1 heterocycles. The number of nitrogens with one attached hydrogen (secondary N) is 2. The van der Waals surface area contributed by atoms with Gasteiger partial charge in [-0.1, -0.05) is 31.7 Å². The summed E-state index contributed by atoms with van der Waals surface area (Å²) in [6.07, 6.45) is 9.38. The SMILES string of the molecule is O=C(CCC1CCCC1)Nc1ccc2c(c1)NCCC2. The molecular formula is C17H24N2O. The molecule has 2 N–H and O–H groups in total. The third kappa shape index (κ3) is 3.33. The molecule has 0 bridgehead atoms. The Morgan fingerprint density at radius 3 is 2.95 bits per heavy atom. The van der Waals surface area contributed by atoms with E-state index in [1.807, 2.05) is 6.07 Å². The van der Waals surface area contributed by atoms with Crippen LogP contribution in [0.5, 0.6) is 0 Å². The molecule has 1 fully saturated rings. The van der Waals surface area contributed by atoms with Crippen molar-refractivity contribution in [3.05, 3.63) is 23.8 Å². The fourth-order valence-electron chi connectivity index (χ4n) is 3.40. The van der Waals surface area contributed by atoms with Crippen LogP contribution >= 0.6 is 0 Å². The van der Waals surface area contributed by atoms with Gasteiger partial charge in [0.25, 0.3) is 0 Å². The van der Waals surface area contributed by atoms with E-state index in [0.717, 1.165) is 31.0 Å². The Bertz CT molecular complexity index is 478. The van der Waals surface area contributed by atoms with Gasteiger partial charge in [-0.05, 0) is 42.9 Å². The topological polar surface area (TPSA) is 41.1 Å². The smallest absolute Gasteiger partial charge is 0.224 e. The van der Waals surface area contributed by atoms with E-state index >= 15 is 0 Å². The lowest BCUT2D eigenvalue weighted by molar-refractivity contribution is -0.116. The van der Waals surface area contributed by atoms with Crippen LogP contribution in [0.3, 0.4) is 0 Å². The fourth-order valence-corrected chi connectivity index (χ4v) is 3.40.